The molecule has 0 aliphatic heterocycles. The monoisotopic (exact) mass is 138 g/mol. The molecule has 0 aliphatic carbocycles. The van der Waals surface area contributed by atoms with Crippen molar-refractivity contribution >= 4 is 5.97 Å². The smallest absolute Gasteiger partial charge is 0.335 e. The van der Waals surface area contributed by atoms with Gasteiger partial charge in [0.2, 0.25) is 0 Å². The van der Waals surface area contributed by atoms with Crippen molar-refractivity contribution in [2.24, 2.45) is 0 Å². The molecule has 0 spiro atoms. The normalized spacial score (nSPS) is 11.7. The Bertz CT molecular complexity index is 199. The third-order valence-electron chi connectivity index (χ3n) is 1.17. The van der Waals surface area contributed by atoms with Crippen LogP contribution in [-0.2, 0) is 4.79 Å². The highest BCUT2D eigenvalue weighted by Crippen LogP contribution is 2.05. The van der Waals surface area contributed by atoms with Gasteiger partial charge in [0.05, 0.1) is 5.57 Å². The summed E-state index contributed by atoms with van der Waals surface area (Å²) in [6, 6.07) is 0. The first-order valence-electron chi connectivity index (χ1n) is 2.82. The van der Waals surface area contributed by atoms with Crippen molar-refractivity contribution in [3.63, 3.8) is 0 Å². The van der Waals surface area contributed by atoms with Gasteiger partial charge >= 0.3 is 5.97 Å². The predicted molar refractivity (Wildman–Crippen MR) is 40.7 cm³/mol. The Morgan fingerprint density at radius 1 is 1.40 bits per heavy atom. The molecule has 2 heteroatoms. The SMILES string of the molecule is C=C/C(C)=C(\C=C)C(=O)O. The Kier molecular flexibility index (Phi) is 3.19. The molecular weight excluding hydrogens is 128 g/mol. The Balaban J connectivity index is 4.79. The molecule has 1 N–H and O–H groups in total. The first-order valence-corrected chi connectivity index (χ1v) is 2.82. The zero-order valence-corrected chi connectivity index (χ0v) is 5.92. The maximum absolute atomic E-state index is 10.4. The minimum Gasteiger partial charge on any atom is -0.478 e. The zero-order chi connectivity index (χ0) is 8.15. The standard InChI is InChI=1S/C8H10O2/c1-4-6(3)7(5-2)8(9)10/h4-5H,1-2H2,3H3,(H,9,10)/b7-6+. The summed E-state index contributed by atoms with van der Waals surface area (Å²) in [5.41, 5.74) is 0.831. The molecule has 0 radical (unpaired) electrons. The Morgan fingerprint density at radius 2 is 1.90 bits per heavy atom. The molecule has 0 heterocycles. The van der Waals surface area contributed by atoms with Gasteiger partial charge in [-0.05, 0) is 12.5 Å². The Labute approximate surface area is 60.2 Å². The van der Waals surface area contributed by atoms with Gasteiger partial charge in [0.15, 0.2) is 0 Å². The molecular formula is C8H10O2. The summed E-state index contributed by atoms with van der Waals surface area (Å²) in [4.78, 5) is 10.4. The zero-order valence-electron chi connectivity index (χ0n) is 5.92. The molecule has 0 unspecified atom stereocenters. The largest absolute Gasteiger partial charge is 0.478 e. The van der Waals surface area contributed by atoms with Gasteiger partial charge in [0.1, 0.15) is 0 Å². The molecule has 0 aliphatic rings. The molecule has 0 aromatic carbocycles. The highest BCUT2D eigenvalue weighted by Gasteiger charge is 2.03. The molecule has 2 nitrogen and oxygen atoms in total. The van der Waals surface area contributed by atoms with Gasteiger partial charge < -0.3 is 5.11 Å². The van der Waals surface area contributed by atoms with Crippen LogP contribution in [0.5, 0.6) is 0 Å². The third kappa shape index (κ3) is 1.90. The molecule has 0 amide bonds. The van der Waals surface area contributed by atoms with Gasteiger partial charge in [0, 0.05) is 0 Å². The average molecular weight is 138 g/mol. The second kappa shape index (κ2) is 3.67. The van der Waals surface area contributed by atoms with E-state index in [1.54, 1.807) is 6.92 Å². The highest BCUT2D eigenvalue weighted by atomic mass is 16.4. The van der Waals surface area contributed by atoms with E-state index in [2.05, 4.69) is 13.2 Å². The third-order valence-corrected chi connectivity index (χ3v) is 1.17. The van der Waals surface area contributed by atoms with Crippen LogP contribution in [0.4, 0.5) is 0 Å². The predicted octanol–water partition coefficient (Wildman–Crippen LogP) is 1.76. The minimum atomic E-state index is -0.965. The summed E-state index contributed by atoms with van der Waals surface area (Å²) in [5, 5.41) is 8.50. The number of hydrogen-bond acceptors (Lipinski definition) is 1. The van der Waals surface area contributed by atoms with Crippen molar-refractivity contribution in [3.8, 4) is 0 Å². The van der Waals surface area contributed by atoms with E-state index >= 15 is 0 Å². The van der Waals surface area contributed by atoms with Crippen LogP contribution >= 0.6 is 0 Å². The van der Waals surface area contributed by atoms with Crippen LogP contribution < -0.4 is 0 Å². The fourth-order valence-electron chi connectivity index (χ4n) is 0.527. The molecule has 0 rings (SSSR count). The van der Waals surface area contributed by atoms with Crippen molar-refractivity contribution in [1.82, 2.24) is 0 Å². The molecule has 0 saturated heterocycles. The van der Waals surface area contributed by atoms with Gasteiger partial charge in [-0.1, -0.05) is 25.3 Å². The molecule has 0 aromatic heterocycles. The van der Waals surface area contributed by atoms with Crippen LogP contribution in [0.1, 0.15) is 6.92 Å². The van der Waals surface area contributed by atoms with E-state index in [0.29, 0.717) is 5.57 Å². The van der Waals surface area contributed by atoms with Crippen molar-refractivity contribution in [1.29, 1.82) is 0 Å². The summed E-state index contributed by atoms with van der Waals surface area (Å²) < 4.78 is 0. The summed E-state index contributed by atoms with van der Waals surface area (Å²) >= 11 is 0. The first kappa shape index (κ1) is 8.69. The lowest BCUT2D eigenvalue weighted by atomic mass is 10.1. The van der Waals surface area contributed by atoms with Crippen LogP contribution in [0.2, 0.25) is 0 Å². The fourth-order valence-corrected chi connectivity index (χ4v) is 0.527. The number of carboxylic acid groups (broad SMARTS) is 1. The van der Waals surface area contributed by atoms with Crippen molar-refractivity contribution in [2.75, 3.05) is 0 Å². The summed E-state index contributed by atoms with van der Waals surface area (Å²) in [6.45, 7) is 8.49. The number of hydrogen-bond donors (Lipinski definition) is 1. The molecule has 0 aromatic rings. The van der Waals surface area contributed by atoms with E-state index in [-0.39, 0.29) is 5.57 Å². The van der Waals surface area contributed by atoms with Crippen molar-refractivity contribution < 1.29 is 9.90 Å². The molecule has 0 fully saturated rings. The lowest BCUT2D eigenvalue weighted by Gasteiger charge is -1.95. The fraction of sp³-hybridized carbons (Fsp3) is 0.125. The lowest BCUT2D eigenvalue weighted by molar-refractivity contribution is -0.132. The second-order valence-corrected chi connectivity index (χ2v) is 1.81. The maximum Gasteiger partial charge on any atom is 0.335 e. The Hall–Kier alpha value is -1.31. The topological polar surface area (TPSA) is 37.3 Å². The number of carboxylic acids is 1. The molecule has 0 saturated carbocycles. The maximum atomic E-state index is 10.4. The van der Waals surface area contributed by atoms with Crippen LogP contribution in [0.3, 0.4) is 0 Å². The van der Waals surface area contributed by atoms with Gasteiger partial charge in [-0.3, -0.25) is 0 Å². The second-order valence-electron chi connectivity index (χ2n) is 1.81. The van der Waals surface area contributed by atoms with Gasteiger partial charge in [-0.25, -0.2) is 4.79 Å². The molecule has 10 heavy (non-hydrogen) atoms. The van der Waals surface area contributed by atoms with E-state index in [1.807, 2.05) is 0 Å². The lowest BCUT2D eigenvalue weighted by Crippen LogP contribution is -1.99. The summed E-state index contributed by atoms with van der Waals surface area (Å²) in [5.74, 6) is -0.965. The van der Waals surface area contributed by atoms with Gasteiger partial charge in [0.25, 0.3) is 0 Å². The number of carbonyl (C=O) groups is 1. The quantitative estimate of drug-likeness (QED) is 0.476. The van der Waals surface area contributed by atoms with E-state index < -0.39 is 5.97 Å². The van der Waals surface area contributed by atoms with Crippen LogP contribution in [-0.4, -0.2) is 11.1 Å². The molecule has 0 atom stereocenters. The summed E-state index contributed by atoms with van der Waals surface area (Å²) in [7, 11) is 0. The number of allylic oxidation sites excluding steroid dienone is 2. The molecule has 54 valence electrons. The highest BCUT2D eigenvalue weighted by molar-refractivity contribution is 5.91. The van der Waals surface area contributed by atoms with Crippen LogP contribution in [0.25, 0.3) is 0 Å². The van der Waals surface area contributed by atoms with Crippen LogP contribution in [0.15, 0.2) is 36.5 Å². The molecule has 0 bridgehead atoms. The van der Waals surface area contributed by atoms with E-state index in [0.717, 1.165) is 0 Å². The van der Waals surface area contributed by atoms with Gasteiger partial charge in [-0.2, -0.15) is 0 Å². The summed E-state index contributed by atoms with van der Waals surface area (Å²) in [6.07, 6.45) is 2.80. The van der Waals surface area contributed by atoms with E-state index in [4.69, 9.17) is 5.11 Å². The number of aliphatic carboxylic acids is 1. The van der Waals surface area contributed by atoms with Crippen molar-refractivity contribution in [3.05, 3.63) is 36.5 Å². The first-order chi connectivity index (χ1) is 4.63. The average Bonchev–Trinajstić information content (AvgIpc) is 1.88. The minimum absolute atomic E-state index is 0.204. The van der Waals surface area contributed by atoms with E-state index in [9.17, 15) is 4.79 Å². The van der Waals surface area contributed by atoms with Gasteiger partial charge in [-0.15, -0.1) is 0 Å². The Morgan fingerprint density at radius 3 is 2.00 bits per heavy atom. The number of rotatable bonds is 3. The van der Waals surface area contributed by atoms with Crippen LogP contribution in [0, 0.1) is 0 Å². The van der Waals surface area contributed by atoms with Crippen molar-refractivity contribution in [2.45, 2.75) is 6.92 Å². The van der Waals surface area contributed by atoms with E-state index in [1.165, 1.54) is 12.2 Å².